The predicted octanol–water partition coefficient (Wildman–Crippen LogP) is 3.51. The van der Waals surface area contributed by atoms with Crippen LogP contribution in [0.5, 0.6) is 11.5 Å². The van der Waals surface area contributed by atoms with E-state index in [0.29, 0.717) is 12.6 Å². The molecule has 2 N–H and O–H groups in total. The topological polar surface area (TPSA) is 58.1 Å². The van der Waals surface area contributed by atoms with Crippen molar-refractivity contribution in [1.82, 2.24) is 15.5 Å². The molecule has 160 valence electrons. The van der Waals surface area contributed by atoms with Crippen molar-refractivity contribution in [2.45, 2.75) is 52.2 Å². The minimum Gasteiger partial charge on any atom is -0.497 e. The largest absolute Gasteiger partial charge is 0.497 e. The van der Waals surface area contributed by atoms with E-state index in [2.05, 4.69) is 29.4 Å². The van der Waals surface area contributed by atoms with Crippen LogP contribution in [-0.4, -0.2) is 62.8 Å². The first-order valence-corrected chi connectivity index (χ1v) is 10.2. The Balaban J connectivity index is 0.00000392. The second-order valence-corrected chi connectivity index (χ2v) is 7.09. The number of piperidine rings is 1. The number of methoxy groups -OCH3 is 1. The third-order valence-corrected chi connectivity index (χ3v) is 4.70. The molecule has 0 bridgehead atoms. The van der Waals surface area contributed by atoms with Crippen LogP contribution in [0, 0.1) is 0 Å². The van der Waals surface area contributed by atoms with Gasteiger partial charge in [0.1, 0.15) is 17.6 Å². The first-order valence-electron chi connectivity index (χ1n) is 10.2. The molecule has 28 heavy (non-hydrogen) atoms. The van der Waals surface area contributed by atoms with Gasteiger partial charge in [0.25, 0.3) is 0 Å². The average Bonchev–Trinajstić information content (AvgIpc) is 2.68. The summed E-state index contributed by atoms with van der Waals surface area (Å²) in [4.78, 5) is 7.27. The first-order chi connectivity index (χ1) is 13.1. The number of ether oxygens (including phenoxy) is 2. The summed E-state index contributed by atoms with van der Waals surface area (Å²) in [6.07, 6.45) is 3.55. The minimum atomic E-state index is -0.0148. The van der Waals surface area contributed by atoms with Crippen molar-refractivity contribution in [3.8, 4) is 11.5 Å². The summed E-state index contributed by atoms with van der Waals surface area (Å²) < 4.78 is 11.2. The zero-order valence-electron chi connectivity index (χ0n) is 17.7. The van der Waals surface area contributed by atoms with E-state index in [4.69, 9.17) is 14.5 Å². The Labute approximate surface area is 187 Å². The van der Waals surface area contributed by atoms with Gasteiger partial charge in [0.15, 0.2) is 5.96 Å². The summed E-state index contributed by atoms with van der Waals surface area (Å²) in [6.45, 7) is 11.4. The van der Waals surface area contributed by atoms with Gasteiger partial charge in [0.05, 0.1) is 13.7 Å². The van der Waals surface area contributed by atoms with Crippen molar-refractivity contribution in [2.75, 3.05) is 39.8 Å². The third-order valence-electron chi connectivity index (χ3n) is 4.70. The van der Waals surface area contributed by atoms with E-state index in [1.807, 2.05) is 31.2 Å². The number of halogens is 1. The van der Waals surface area contributed by atoms with E-state index in [1.165, 1.54) is 38.9 Å². The number of nitrogens with zero attached hydrogens (tertiary/aromatic N) is 2. The molecule has 0 saturated carbocycles. The van der Waals surface area contributed by atoms with Crippen LogP contribution in [0.3, 0.4) is 0 Å². The monoisotopic (exact) mass is 504 g/mol. The number of benzene rings is 1. The van der Waals surface area contributed by atoms with Gasteiger partial charge in [-0.15, -0.1) is 24.0 Å². The summed E-state index contributed by atoms with van der Waals surface area (Å²) in [6, 6.07) is 8.17. The SMILES string of the molecule is CCCN1CCC(NC(=NCC(C)Oc2cccc(OC)c2)NCC)CC1.I. The van der Waals surface area contributed by atoms with Crippen LogP contribution in [-0.2, 0) is 0 Å². The van der Waals surface area contributed by atoms with Crippen LogP contribution in [0.2, 0.25) is 0 Å². The number of hydrogen-bond acceptors (Lipinski definition) is 4. The highest BCUT2D eigenvalue weighted by atomic mass is 127. The molecule has 7 heteroatoms. The van der Waals surface area contributed by atoms with E-state index < -0.39 is 0 Å². The number of aliphatic imine (C=N–C) groups is 1. The molecule has 0 spiro atoms. The summed E-state index contributed by atoms with van der Waals surface area (Å²) in [7, 11) is 1.66. The van der Waals surface area contributed by atoms with Gasteiger partial charge < -0.3 is 25.0 Å². The molecule has 2 rings (SSSR count). The molecule has 0 aromatic heterocycles. The second kappa shape index (κ2) is 13.9. The molecule has 1 atom stereocenters. The fourth-order valence-electron chi connectivity index (χ4n) is 3.29. The third kappa shape index (κ3) is 8.86. The second-order valence-electron chi connectivity index (χ2n) is 7.09. The molecule has 0 amide bonds. The van der Waals surface area contributed by atoms with E-state index >= 15 is 0 Å². The highest BCUT2D eigenvalue weighted by molar-refractivity contribution is 14.0. The lowest BCUT2D eigenvalue weighted by Gasteiger charge is -2.32. The Kier molecular flexibility index (Phi) is 12.3. The van der Waals surface area contributed by atoms with Gasteiger partial charge in [0, 0.05) is 31.7 Å². The van der Waals surface area contributed by atoms with E-state index in [-0.39, 0.29) is 30.1 Å². The average molecular weight is 504 g/mol. The molecular weight excluding hydrogens is 467 g/mol. The molecule has 1 heterocycles. The fourth-order valence-corrected chi connectivity index (χ4v) is 3.29. The molecule has 1 aliphatic heterocycles. The molecule has 0 aliphatic carbocycles. The van der Waals surface area contributed by atoms with Gasteiger partial charge in [-0.3, -0.25) is 0 Å². The molecule has 6 nitrogen and oxygen atoms in total. The Hall–Kier alpha value is -1.22. The lowest BCUT2D eigenvalue weighted by Crippen LogP contribution is -2.49. The van der Waals surface area contributed by atoms with E-state index in [9.17, 15) is 0 Å². The fraction of sp³-hybridized carbons (Fsp3) is 0.667. The molecular formula is C21H37IN4O2. The lowest BCUT2D eigenvalue weighted by atomic mass is 10.1. The molecule has 1 aliphatic rings. The van der Waals surface area contributed by atoms with Crippen LogP contribution in [0.1, 0.15) is 40.0 Å². The standard InChI is InChI=1S/C21H36N4O2.HI/c1-5-12-25-13-10-18(11-14-25)24-21(22-6-2)23-16-17(3)27-20-9-7-8-19(15-20)26-4;/h7-9,15,17-18H,5-6,10-14,16H2,1-4H3,(H2,22,23,24);1H. The summed E-state index contributed by atoms with van der Waals surface area (Å²) >= 11 is 0. The van der Waals surface area contributed by atoms with Crippen LogP contribution < -0.4 is 20.1 Å². The molecule has 1 aromatic rings. The first kappa shape index (κ1) is 24.8. The molecule has 1 saturated heterocycles. The van der Waals surface area contributed by atoms with E-state index in [1.54, 1.807) is 7.11 Å². The van der Waals surface area contributed by atoms with Crippen LogP contribution in [0.4, 0.5) is 0 Å². The zero-order chi connectivity index (χ0) is 19.5. The summed E-state index contributed by atoms with van der Waals surface area (Å²) in [5.41, 5.74) is 0. The quantitative estimate of drug-likeness (QED) is 0.306. The number of nitrogens with one attached hydrogen (secondary N) is 2. The maximum Gasteiger partial charge on any atom is 0.191 e. The molecule has 0 radical (unpaired) electrons. The van der Waals surface area contributed by atoms with Gasteiger partial charge in [-0.25, -0.2) is 4.99 Å². The normalized spacial score (nSPS) is 16.8. The smallest absolute Gasteiger partial charge is 0.191 e. The Morgan fingerprint density at radius 3 is 2.61 bits per heavy atom. The lowest BCUT2D eigenvalue weighted by molar-refractivity contribution is 0.206. The number of likely N-dealkylation sites (tertiary alicyclic amines) is 1. The molecule has 1 aromatic carbocycles. The van der Waals surface area contributed by atoms with Gasteiger partial charge in [-0.2, -0.15) is 0 Å². The van der Waals surface area contributed by atoms with Gasteiger partial charge >= 0.3 is 0 Å². The van der Waals surface area contributed by atoms with Crippen molar-refractivity contribution in [3.05, 3.63) is 24.3 Å². The van der Waals surface area contributed by atoms with E-state index in [0.717, 1.165) is 24.0 Å². The van der Waals surface area contributed by atoms with Crippen molar-refractivity contribution in [3.63, 3.8) is 0 Å². The predicted molar refractivity (Wildman–Crippen MR) is 127 cm³/mol. The number of guanidine groups is 1. The van der Waals surface area contributed by atoms with Crippen molar-refractivity contribution in [1.29, 1.82) is 0 Å². The highest BCUT2D eigenvalue weighted by Crippen LogP contribution is 2.20. The van der Waals surface area contributed by atoms with Crippen LogP contribution >= 0.6 is 24.0 Å². The van der Waals surface area contributed by atoms with Crippen molar-refractivity contribution < 1.29 is 9.47 Å². The summed E-state index contributed by atoms with van der Waals surface area (Å²) in [5, 5.41) is 6.95. The van der Waals surface area contributed by atoms with Crippen LogP contribution in [0.25, 0.3) is 0 Å². The Morgan fingerprint density at radius 1 is 1.25 bits per heavy atom. The Morgan fingerprint density at radius 2 is 1.96 bits per heavy atom. The molecule has 1 fully saturated rings. The van der Waals surface area contributed by atoms with Gasteiger partial charge in [-0.05, 0) is 51.8 Å². The number of hydrogen-bond donors (Lipinski definition) is 2. The maximum atomic E-state index is 5.97. The zero-order valence-corrected chi connectivity index (χ0v) is 20.1. The minimum absolute atomic E-state index is 0. The number of rotatable bonds is 9. The highest BCUT2D eigenvalue weighted by Gasteiger charge is 2.19. The van der Waals surface area contributed by atoms with Crippen LogP contribution in [0.15, 0.2) is 29.3 Å². The maximum absolute atomic E-state index is 5.97. The summed E-state index contributed by atoms with van der Waals surface area (Å²) in [5.74, 6) is 2.48. The molecule has 1 unspecified atom stereocenters. The van der Waals surface area contributed by atoms with Crippen molar-refractivity contribution in [2.24, 2.45) is 4.99 Å². The van der Waals surface area contributed by atoms with Crippen molar-refractivity contribution >= 4 is 29.9 Å². The van der Waals surface area contributed by atoms with Gasteiger partial charge in [-0.1, -0.05) is 13.0 Å². The van der Waals surface area contributed by atoms with Gasteiger partial charge in [0.2, 0.25) is 0 Å². The Bertz CT molecular complexity index is 577.